The first-order valence-corrected chi connectivity index (χ1v) is 31.6. The van der Waals surface area contributed by atoms with Crippen LogP contribution < -0.4 is 0 Å². The SMILES string of the molecule is CCCCC/C=C\C/C=C\C/C=C\CCCCCCCCC(=O)OCC(COC1OC(C(=O)O)C(O)C(O)C1OC(=O)CCCCCCC/C=C\CCCCCC)OC(=O)CCCCCCCCCCCCCCCCC. The molecule has 0 aromatic carbocycles. The number of carboxylic acids is 1. The number of aliphatic hydroxyl groups is 2. The molecule has 6 unspecified atom stereocenters. The fourth-order valence-electron chi connectivity index (χ4n) is 9.49. The second-order valence-corrected chi connectivity index (χ2v) is 21.7. The Balaban J connectivity index is 2.67. The summed E-state index contributed by atoms with van der Waals surface area (Å²) in [6.45, 7) is 5.96. The quantitative estimate of drug-likeness (QED) is 0.0228. The molecule has 3 N–H and O–H groups in total. The predicted octanol–water partition coefficient (Wildman–Crippen LogP) is 16.6. The minimum atomic E-state index is -1.91. The van der Waals surface area contributed by atoms with E-state index in [1.165, 1.54) is 122 Å². The molecule has 6 atom stereocenters. The number of carbonyl (C=O) groups excluding carboxylic acids is 3. The molecule has 0 bridgehead atoms. The van der Waals surface area contributed by atoms with E-state index in [1.807, 2.05) is 0 Å². The number of hydrogen-bond donors (Lipinski definition) is 3. The Morgan fingerprint density at radius 3 is 1.23 bits per heavy atom. The minimum absolute atomic E-state index is 0.0510. The number of esters is 3. The number of allylic oxidation sites excluding steroid dienone is 8. The largest absolute Gasteiger partial charge is 0.479 e. The van der Waals surface area contributed by atoms with E-state index in [-0.39, 0.29) is 25.9 Å². The molecule has 446 valence electrons. The first-order valence-electron chi connectivity index (χ1n) is 31.6. The van der Waals surface area contributed by atoms with Gasteiger partial charge in [0.1, 0.15) is 18.8 Å². The minimum Gasteiger partial charge on any atom is -0.479 e. The van der Waals surface area contributed by atoms with Gasteiger partial charge in [-0.3, -0.25) is 14.4 Å². The van der Waals surface area contributed by atoms with E-state index in [4.69, 9.17) is 23.7 Å². The molecule has 1 rings (SSSR count). The molecule has 1 saturated heterocycles. The first kappa shape index (κ1) is 71.7. The fourth-order valence-corrected chi connectivity index (χ4v) is 9.49. The molecule has 77 heavy (non-hydrogen) atoms. The van der Waals surface area contributed by atoms with Gasteiger partial charge in [-0.25, -0.2) is 4.79 Å². The van der Waals surface area contributed by atoms with Crippen molar-refractivity contribution in [1.82, 2.24) is 0 Å². The number of rotatable bonds is 54. The molecule has 1 aliphatic rings. The average molecular weight is 1090 g/mol. The number of aliphatic carboxylic acids is 1. The van der Waals surface area contributed by atoms with Crippen molar-refractivity contribution in [3.8, 4) is 0 Å². The Bertz CT molecular complexity index is 1520. The summed E-state index contributed by atoms with van der Waals surface area (Å²) in [6, 6.07) is 0. The van der Waals surface area contributed by atoms with Crippen LogP contribution in [0.3, 0.4) is 0 Å². The van der Waals surface area contributed by atoms with Crippen LogP contribution in [0.15, 0.2) is 48.6 Å². The molecule has 0 radical (unpaired) electrons. The van der Waals surface area contributed by atoms with Gasteiger partial charge in [0, 0.05) is 19.3 Å². The second-order valence-electron chi connectivity index (χ2n) is 21.7. The van der Waals surface area contributed by atoms with Gasteiger partial charge in [-0.2, -0.15) is 0 Å². The molecular formula is C65H114O12. The fraction of sp³-hybridized carbons (Fsp3) is 0.815. The van der Waals surface area contributed by atoms with Crippen LogP contribution in [0.4, 0.5) is 0 Å². The van der Waals surface area contributed by atoms with E-state index < -0.39 is 67.3 Å². The average Bonchev–Trinajstić information content (AvgIpc) is 3.42. The highest BCUT2D eigenvalue weighted by Crippen LogP contribution is 2.27. The molecule has 12 heteroatoms. The number of hydrogen-bond acceptors (Lipinski definition) is 11. The smallest absolute Gasteiger partial charge is 0.335 e. The third-order valence-electron chi connectivity index (χ3n) is 14.4. The van der Waals surface area contributed by atoms with Gasteiger partial charge in [-0.05, 0) is 83.5 Å². The van der Waals surface area contributed by atoms with Gasteiger partial charge in [-0.1, -0.05) is 236 Å². The lowest BCUT2D eigenvalue weighted by Crippen LogP contribution is -2.61. The third kappa shape index (κ3) is 43.2. The van der Waals surface area contributed by atoms with Crippen LogP contribution in [-0.2, 0) is 42.9 Å². The highest BCUT2D eigenvalue weighted by Gasteiger charge is 2.50. The van der Waals surface area contributed by atoms with Crippen LogP contribution in [0.2, 0.25) is 0 Å². The normalized spacial score (nSPS) is 18.3. The zero-order valence-electron chi connectivity index (χ0n) is 49.2. The number of aliphatic hydroxyl groups excluding tert-OH is 2. The lowest BCUT2D eigenvalue weighted by atomic mass is 9.98. The van der Waals surface area contributed by atoms with Gasteiger partial charge in [0.05, 0.1) is 6.61 Å². The second kappa shape index (κ2) is 53.3. The highest BCUT2D eigenvalue weighted by atomic mass is 16.7. The summed E-state index contributed by atoms with van der Waals surface area (Å²) in [4.78, 5) is 51.2. The number of ether oxygens (including phenoxy) is 5. The molecule has 12 nitrogen and oxygen atoms in total. The molecule has 1 heterocycles. The predicted molar refractivity (Wildman–Crippen MR) is 312 cm³/mol. The molecule has 0 amide bonds. The van der Waals surface area contributed by atoms with E-state index in [9.17, 15) is 34.5 Å². The van der Waals surface area contributed by atoms with Crippen molar-refractivity contribution in [3.05, 3.63) is 48.6 Å². The van der Waals surface area contributed by atoms with Gasteiger partial charge in [0.15, 0.2) is 24.6 Å². The lowest BCUT2D eigenvalue weighted by molar-refractivity contribution is -0.301. The summed E-state index contributed by atoms with van der Waals surface area (Å²) in [5, 5.41) is 31.5. The van der Waals surface area contributed by atoms with E-state index in [0.717, 1.165) is 109 Å². The Labute approximate surface area is 469 Å². The summed E-state index contributed by atoms with van der Waals surface area (Å²) < 4.78 is 28.5. The number of carboxylic acid groups (broad SMARTS) is 1. The van der Waals surface area contributed by atoms with Gasteiger partial charge >= 0.3 is 23.9 Å². The van der Waals surface area contributed by atoms with Crippen LogP contribution in [0.25, 0.3) is 0 Å². The van der Waals surface area contributed by atoms with E-state index in [2.05, 4.69) is 69.4 Å². The first-order chi connectivity index (χ1) is 37.6. The maximum Gasteiger partial charge on any atom is 0.335 e. The van der Waals surface area contributed by atoms with Crippen molar-refractivity contribution in [1.29, 1.82) is 0 Å². The van der Waals surface area contributed by atoms with E-state index in [0.29, 0.717) is 19.3 Å². The molecule has 0 aliphatic carbocycles. The maximum absolute atomic E-state index is 13.2. The summed E-state index contributed by atoms with van der Waals surface area (Å²) in [5.41, 5.74) is 0. The lowest BCUT2D eigenvalue weighted by Gasteiger charge is -2.40. The van der Waals surface area contributed by atoms with Gasteiger partial charge in [0.2, 0.25) is 0 Å². The van der Waals surface area contributed by atoms with Gasteiger partial charge in [-0.15, -0.1) is 0 Å². The maximum atomic E-state index is 13.2. The zero-order chi connectivity index (χ0) is 56.1. The van der Waals surface area contributed by atoms with E-state index in [1.54, 1.807) is 0 Å². The molecule has 1 aliphatic heterocycles. The summed E-state index contributed by atoms with van der Waals surface area (Å²) >= 11 is 0. The molecule has 0 spiro atoms. The molecule has 0 aromatic heterocycles. The zero-order valence-corrected chi connectivity index (χ0v) is 49.2. The Kier molecular flexibility index (Phi) is 49.7. The van der Waals surface area contributed by atoms with Crippen LogP contribution in [0.5, 0.6) is 0 Å². The summed E-state index contributed by atoms with van der Waals surface area (Å²) in [7, 11) is 0. The van der Waals surface area contributed by atoms with Crippen molar-refractivity contribution >= 4 is 23.9 Å². The topological polar surface area (TPSA) is 175 Å². The highest BCUT2D eigenvalue weighted by molar-refractivity contribution is 5.74. The van der Waals surface area contributed by atoms with Gasteiger partial charge < -0.3 is 39.0 Å². The summed E-state index contributed by atoms with van der Waals surface area (Å²) in [5.74, 6) is -3.12. The van der Waals surface area contributed by atoms with Crippen molar-refractivity contribution in [2.24, 2.45) is 0 Å². The number of unbranched alkanes of at least 4 members (excludes halogenated alkanes) is 32. The molecule has 1 fully saturated rings. The van der Waals surface area contributed by atoms with Crippen LogP contribution in [0, 0.1) is 0 Å². The Hall–Kier alpha value is -3.32. The Morgan fingerprint density at radius 2 is 0.779 bits per heavy atom. The molecule has 0 aromatic rings. The van der Waals surface area contributed by atoms with Crippen molar-refractivity contribution in [2.45, 2.75) is 327 Å². The van der Waals surface area contributed by atoms with Crippen LogP contribution in [-0.4, -0.2) is 89.2 Å². The van der Waals surface area contributed by atoms with Crippen LogP contribution >= 0.6 is 0 Å². The van der Waals surface area contributed by atoms with Crippen molar-refractivity contribution < 1.29 is 58.2 Å². The summed E-state index contributed by atoms with van der Waals surface area (Å²) in [6.07, 6.45) is 52.1. The van der Waals surface area contributed by atoms with Crippen LogP contribution in [0.1, 0.15) is 290 Å². The van der Waals surface area contributed by atoms with Crippen molar-refractivity contribution in [2.75, 3.05) is 13.2 Å². The Morgan fingerprint density at radius 1 is 0.429 bits per heavy atom. The molecule has 0 saturated carbocycles. The monoisotopic (exact) mass is 1090 g/mol. The van der Waals surface area contributed by atoms with Gasteiger partial charge in [0.25, 0.3) is 0 Å². The standard InChI is InChI=1S/C65H114O12/c1-4-7-10-13-16-19-22-25-27-28-29-30-32-34-36-39-42-45-48-51-57(66)73-54-56(75-58(67)52-49-46-43-40-38-35-31-26-23-20-17-14-11-8-5-2)55-74-65-63(61(70)60(69)62(77-65)64(71)72)76-59(68)53-50-47-44-41-37-33-24-21-18-15-12-9-6-3/h16,19,21,24-25,27,29-30,56,60-63,65,69-70H,4-15,17-18,20,22-23,26,28,31-55H2,1-3H3,(H,71,72)/b19-16-,24-21-,27-25-,30-29-. The van der Waals surface area contributed by atoms with E-state index >= 15 is 0 Å². The molecular weight excluding hydrogens is 973 g/mol. The number of carbonyl (C=O) groups is 4. The third-order valence-corrected chi connectivity index (χ3v) is 14.4. The van der Waals surface area contributed by atoms with Crippen molar-refractivity contribution in [3.63, 3.8) is 0 Å².